The van der Waals surface area contributed by atoms with Crippen molar-refractivity contribution in [3.05, 3.63) is 34.3 Å². The summed E-state index contributed by atoms with van der Waals surface area (Å²) in [6, 6.07) is 8.74. The summed E-state index contributed by atoms with van der Waals surface area (Å²) < 4.78 is 1.28. The first-order valence-electron chi connectivity index (χ1n) is 7.65. The molecule has 0 saturated heterocycles. The highest BCUT2D eigenvalue weighted by Crippen LogP contribution is 2.58. The number of nitrogens with two attached hydrogens (primary N) is 1. The van der Waals surface area contributed by atoms with E-state index in [1.54, 1.807) is 0 Å². The van der Waals surface area contributed by atoms with Crippen molar-refractivity contribution in [2.24, 2.45) is 29.4 Å². The fourth-order valence-corrected chi connectivity index (χ4v) is 5.89. The molecule has 4 saturated carbocycles. The van der Waals surface area contributed by atoms with Crippen LogP contribution in [0.2, 0.25) is 0 Å². The van der Waals surface area contributed by atoms with Gasteiger partial charge in [-0.05, 0) is 73.8 Å². The van der Waals surface area contributed by atoms with Gasteiger partial charge in [-0.1, -0.05) is 34.1 Å². The van der Waals surface area contributed by atoms with Gasteiger partial charge in [0.25, 0.3) is 0 Å². The van der Waals surface area contributed by atoms with Gasteiger partial charge < -0.3 is 5.73 Å². The van der Waals surface area contributed by atoms with E-state index in [2.05, 4.69) is 40.2 Å². The van der Waals surface area contributed by atoms with Crippen molar-refractivity contribution in [1.82, 2.24) is 0 Å². The topological polar surface area (TPSA) is 26.0 Å². The smallest absolute Gasteiger partial charge is 0.0207 e. The predicted octanol–water partition coefficient (Wildman–Crippen LogP) is 4.15. The second-order valence-electron chi connectivity index (χ2n) is 7.29. The molecule has 1 aromatic carbocycles. The average molecular weight is 320 g/mol. The first-order valence-corrected chi connectivity index (χ1v) is 8.44. The standard InChI is InChI=1S/C17H22BrN/c18-16-4-2-1-3-12(16)7-15-13-5-11-6-14(15)10-17(19,8-11)9-13/h1-4,11,13-15H,5-10,19H2. The van der Waals surface area contributed by atoms with Crippen LogP contribution >= 0.6 is 15.9 Å². The third kappa shape index (κ3) is 2.08. The number of halogens is 1. The molecular formula is C17H22BrN. The van der Waals surface area contributed by atoms with Crippen molar-refractivity contribution in [2.45, 2.75) is 44.1 Å². The highest BCUT2D eigenvalue weighted by Gasteiger charge is 2.53. The minimum atomic E-state index is 0.209. The summed E-state index contributed by atoms with van der Waals surface area (Å²) in [5.41, 5.74) is 8.30. The molecule has 2 N–H and O–H groups in total. The molecule has 2 heteroatoms. The highest BCUT2D eigenvalue weighted by atomic mass is 79.9. The van der Waals surface area contributed by atoms with Gasteiger partial charge in [-0.25, -0.2) is 0 Å². The minimum absolute atomic E-state index is 0.209. The quantitative estimate of drug-likeness (QED) is 0.870. The van der Waals surface area contributed by atoms with E-state index >= 15 is 0 Å². The van der Waals surface area contributed by atoms with Gasteiger partial charge in [-0.2, -0.15) is 0 Å². The lowest BCUT2D eigenvalue weighted by Crippen LogP contribution is -2.59. The maximum absolute atomic E-state index is 6.60. The predicted molar refractivity (Wildman–Crippen MR) is 81.8 cm³/mol. The van der Waals surface area contributed by atoms with E-state index < -0.39 is 0 Å². The van der Waals surface area contributed by atoms with E-state index in [-0.39, 0.29) is 5.54 Å². The van der Waals surface area contributed by atoms with E-state index in [0.717, 1.165) is 23.7 Å². The maximum Gasteiger partial charge on any atom is 0.0207 e. The molecule has 0 spiro atoms. The van der Waals surface area contributed by atoms with Gasteiger partial charge in [0, 0.05) is 10.0 Å². The first-order chi connectivity index (χ1) is 9.13. The zero-order valence-electron chi connectivity index (χ0n) is 11.3. The van der Waals surface area contributed by atoms with Gasteiger partial charge in [0.05, 0.1) is 0 Å². The lowest BCUT2D eigenvalue weighted by Gasteiger charge is -2.59. The normalized spacial score (nSPS) is 43.7. The molecular weight excluding hydrogens is 298 g/mol. The SMILES string of the molecule is NC12CC3CC(C1)C(Cc1ccccc1Br)C(C3)C2. The summed E-state index contributed by atoms with van der Waals surface area (Å²) in [5, 5.41) is 0. The van der Waals surface area contributed by atoms with E-state index in [1.807, 2.05) is 0 Å². The van der Waals surface area contributed by atoms with Crippen LogP contribution in [0.4, 0.5) is 0 Å². The van der Waals surface area contributed by atoms with Crippen molar-refractivity contribution < 1.29 is 0 Å². The summed E-state index contributed by atoms with van der Waals surface area (Å²) in [6.45, 7) is 0. The Morgan fingerprint density at radius 1 is 1.11 bits per heavy atom. The highest BCUT2D eigenvalue weighted by molar-refractivity contribution is 9.10. The molecule has 1 nitrogen and oxygen atoms in total. The van der Waals surface area contributed by atoms with Crippen molar-refractivity contribution in [1.29, 1.82) is 0 Å². The van der Waals surface area contributed by atoms with E-state index in [9.17, 15) is 0 Å². The van der Waals surface area contributed by atoms with Crippen LogP contribution in [0, 0.1) is 23.7 Å². The molecule has 4 aliphatic carbocycles. The Kier molecular flexibility index (Phi) is 2.82. The number of benzene rings is 1. The van der Waals surface area contributed by atoms with Crippen LogP contribution in [0.3, 0.4) is 0 Å². The van der Waals surface area contributed by atoms with Gasteiger partial charge >= 0.3 is 0 Å². The Morgan fingerprint density at radius 2 is 1.79 bits per heavy atom. The summed E-state index contributed by atoms with van der Waals surface area (Å²) in [7, 11) is 0. The third-order valence-corrected chi connectivity index (χ3v) is 6.70. The van der Waals surface area contributed by atoms with E-state index in [4.69, 9.17) is 5.73 Å². The van der Waals surface area contributed by atoms with Crippen LogP contribution in [-0.4, -0.2) is 5.54 Å². The monoisotopic (exact) mass is 319 g/mol. The van der Waals surface area contributed by atoms with E-state index in [1.165, 1.54) is 48.6 Å². The van der Waals surface area contributed by atoms with Gasteiger partial charge in [-0.3, -0.25) is 0 Å². The maximum atomic E-state index is 6.60. The van der Waals surface area contributed by atoms with Gasteiger partial charge in [0.2, 0.25) is 0 Å². The van der Waals surface area contributed by atoms with E-state index in [0.29, 0.717) is 0 Å². The summed E-state index contributed by atoms with van der Waals surface area (Å²) in [4.78, 5) is 0. The van der Waals surface area contributed by atoms with Crippen LogP contribution in [-0.2, 0) is 6.42 Å². The molecule has 0 amide bonds. The molecule has 4 aliphatic rings. The molecule has 102 valence electrons. The van der Waals surface area contributed by atoms with Crippen molar-refractivity contribution in [3.63, 3.8) is 0 Å². The average Bonchev–Trinajstić information content (AvgIpc) is 2.34. The molecule has 0 heterocycles. The molecule has 19 heavy (non-hydrogen) atoms. The van der Waals surface area contributed by atoms with Gasteiger partial charge in [-0.15, -0.1) is 0 Å². The van der Waals surface area contributed by atoms with Crippen molar-refractivity contribution in [3.8, 4) is 0 Å². The fourth-order valence-electron chi connectivity index (χ4n) is 5.44. The molecule has 5 rings (SSSR count). The van der Waals surface area contributed by atoms with Crippen LogP contribution in [0.15, 0.2) is 28.7 Å². The molecule has 2 atom stereocenters. The molecule has 0 aliphatic heterocycles. The van der Waals surface area contributed by atoms with Crippen LogP contribution in [0.1, 0.15) is 37.7 Å². The Hall–Kier alpha value is -0.340. The fraction of sp³-hybridized carbons (Fsp3) is 0.647. The zero-order valence-corrected chi connectivity index (χ0v) is 12.9. The van der Waals surface area contributed by atoms with Crippen molar-refractivity contribution in [2.75, 3.05) is 0 Å². The van der Waals surface area contributed by atoms with Gasteiger partial charge in [0.1, 0.15) is 0 Å². The lowest BCUT2D eigenvalue weighted by atomic mass is 9.48. The molecule has 1 aromatic rings. The second kappa shape index (κ2) is 4.33. The first kappa shape index (κ1) is 12.4. The molecule has 0 radical (unpaired) electrons. The Labute approximate surface area is 124 Å². The minimum Gasteiger partial charge on any atom is -0.325 e. The Balaban J connectivity index is 1.59. The Bertz CT molecular complexity index is 482. The summed E-state index contributed by atoms with van der Waals surface area (Å²) in [5.74, 6) is 3.61. The molecule has 4 bridgehead atoms. The van der Waals surface area contributed by atoms with Gasteiger partial charge in [0.15, 0.2) is 0 Å². The van der Waals surface area contributed by atoms with Crippen LogP contribution in [0.5, 0.6) is 0 Å². The molecule has 0 aromatic heterocycles. The number of rotatable bonds is 2. The lowest BCUT2D eigenvalue weighted by molar-refractivity contribution is -0.0509. The Morgan fingerprint density at radius 3 is 2.42 bits per heavy atom. The largest absolute Gasteiger partial charge is 0.325 e. The van der Waals surface area contributed by atoms with Crippen LogP contribution in [0.25, 0.3) is 0 Å². The third-order valence-electron chi connectivity index (χ3n) is 5.93. The second-order valence-corrected chi connectivity index (χ2v) is 8.15. The molecule has 4 fully saturated rings. The van der Waals surface area contributed by atoms with Crippen LogP contribution < -0.4 is 5.73 Å². The zero-order chi connectivity index (χ0) is 13.0. The summed E-state index contributed by atoms with van der Waals surface area (Å²) in [6.07, 6.45) is 8.03. The summed E-state index contributed by atoms with van der Waals surface area (Å²) >= 11 is 3.71. The molecule has 2 unspecified atom stereocenters. The number of hydrogen-bond acceptors (Lipinski definition) is 1. The number of hydrogen-bond donors (Lipinski definition) is 1. The van der Waals surface area contributed by atoms with Crippen molar-refractivity contribution >= 4 is 15.9 Å².